The molecule has 0 spiro atoms. The molecular formula is C10H21N3O. The highest BCUT2D eigenvalue weighted by molar-refractivity contribution is 5.81. The third kappa shape index (κ3) is 3.64. The highest BCUT2D eigenvalue weighted by atomic mass is 16.2. The van der Waals surface area contributed by atoms with Gasteiger partial charge in [0.2, 0.25) is 5.91 Å². The first-order valence-electron chi connectivity index (χ1n) is 5.38. The van der Waals surface area contributed by atoms with Gasteiger partial charge in [-0.3, -0.25) is 4.79 Å². The van der Waals surface area contributed by atoms with Gasteiger partial charge in [0.1, 0.15) is 0 Å². The Kier molecular flexibility index (Phi) is 4.35. The van der Waals surface area contributed by atoms with Crippen molar-refractivity contribution in [2.45, 2.75) is 38.8 Å². The van der Waals surface area contributed by atoms with E-state index >= 15 is 0 Å². The fraction of sp³-hybridized carbons (Fsp3) is 0.900. The summed E-state index contributed by atoms with van der Waals surface area (Å²) >= 11 is 0. The summed E-state index contributed by atoms with van der Waals surface area (Å²) in [7, 11) is 0. The maximum Gasteiger partial charge on any atom is 0.236 e. The standard InChI is InChI=1S/C10H21N3O/c1-8(12-10(14)9(2)11)7-13-5-3-4-6-13/h8-9H,3-7,11H2,1-2H3,(H,12,14)/t8?,9-/m0/s1. The van der Waals surface area contributed by atoms with Gasteiger partial charge in [0.25, 0.3) is 0 Å². The molecule has 1 heterocycles. The van der Waals surface area contributed by atoms with Crippen LogP contribution in [0.25, 0.3) is 0 Å². The monoisotopic (exact) mass is 199 g/mol. The molecule has 82 valence electrons. The molecule has 1 rings (SSSR count). The van der Waals surface area contributed by atoms with E-state index in [1.807, 2.05) is 6.92 Å². The zero-order chi connectivity index (χ0) is 10.6. The van der Waals surface area contributed by atoms with Crippen LogP contribution in [0.15, 0.2) is 0 Å². The van der Waals surface area contributed by atoms with Gasteiger partial charge in [-0.15, -0.1) is 0 Å². The van der Waals surface area contributed by atoms with Crippen molar-refractivity contribution in [1.82, 2.24) is 10.2 Å². The van der Waals surface area contributed by atoms with E-state index in [0.717, 1.165) is 6.54 Å². The maximum absolute atomic E-state index is 11.3. The normalized spacial score (nSPS) is 21.9. The SMILES string of the molecule is CC(CN1CCCC1)NC(=O)[C@H](C)N. The summed E-state index contributed by atoms with van der Waals surface area (Å²) in [6.45, 7) is 7.01. The van der Waals surface area contributed by atoms with E-state index in [2.05, 4.69) is 10.2 Å². The minimum absolute atomic E-state index is 0.0586. The molecule has 0 aliphatic carbocycles. The molecule has 0 aromatic carbocycles. The fourth-order valence-corrected chi connectivity index (χ4v) is 1.77. The number of nitrogens with zero attached hydrogens (tertiary/aromatic N) is 1. The Hall–Kier alpha value is -0.610. The summed E-state index contributed by atoms with van der Waals surface area (Å²) in [4.78, 5) is 13.7. The molecule has 1 amide bonds. The van der Waals surface area contributed by atoms with E-state index in [9.17, 15) is 4.79 Å². The van der Waals surface area contributed by atoms with E-state index in [-0.39, 0.29) is 11.9 Å². The molecule has 1 aliphatic heterocycles. The van der Waals surface area contributed by atoms with Crippen LogP contribution in [0.1, 0.15) is 26.7 Å². The second-order valence-electron chi connectivity index (χ2n) is 4.21. The van der Waals surface area contributed by atoms with Gasteiger partial charge in [-0.05, 0) is 39.8 Å². The van der Waals surface area contributed by atoms with Crippen molar-refractivity contribution in [2.24, 2.45) is 5.73 Å². The quantitative estimate of drug-likeness (QED) is 0.666. The third-order valence-electron chi connectivity index (χ3n) is 2.53. The summed E-state index contributed by atoms with van der Waals surface area (Å²) in [5.41, 5.74) is 5.47. The number of amides is 1. The van der Waals surface area contributed by atoms with Gasteiger partial charge < -0.3 is 16.0 Å². The van der Waals surface area contributed by atoms with Crippen molar-refractivity contribution in [1.29, 1.82) is 0 Å². The lowest BCUT2D eigenvalue weighted by molar-refractivity contribution is -0.122. The highest BCUT2D eigenvalue weighted by Gasteiger charge is 2.16. The van der Waals surface area contributed by atoms with Gasteiger partial charge in [-0.2, -0.15) is 0 Å². The number of nitrogens with one attached hydrogen (secondary N) is 1. The Morgan fingerprint density at radius 2 is 2.00 bits per heavy atom. The van der Waals surface area contributed by atoms with Crippen LogP contribution in [0, 0.1) is 0 Å². The molecule has 4 nitrogen and oxygen atoms in total. The fourth-order valence-electron chi connectivity index (χ4n) is 1.77. The first-order chi connectivity index (χ1) is 6.59. The van der Waals surface area contributed by atoms with Gasteiger partial charge in [0.05, 0.1) is 6.04 Å². The minimum atomic E-state index is -0.406. The van der Waals surface area contributed by atoms with Gasteiger partial charge in [0.15, 0.2) is 0 Å². The Balaban J connectivity index is 2.20. The molecule has 4 heteroatoms. The van der Waals surface area contributed by atoms with E-state index in [4.69, 9.17) is 5.73 Å². The molecule has 1 fully saturated rings. The van der Waals surface area contributed by atoms with Crippen LogP contribution in [0.4, 0.5) is 0 Å². The summed E-state index contributed by atoms with van der Waals surface area (Å²) in [6.07, 6.45) is 2.57. The Bertz CT molecular complexity index is 188. The van der Waals surface area contributed by atoms with Crippen molar-refractivity contribution < 1.29 is 4.79 Å². The van der Waals surface area contributed by atoms with Crippen molar-refractivity contribution in [2.75, 3.05) is 19.6 Å². The van der Waals surface area contributed by atoms with Crippen LogP contribution < -0.4 is 11.1 Å². The number of carbonyl (C=O) groups excluding carboxylic acids is 1. The minimum Gasteiger partial charge on any atom is -0.351 e. The number of likely N-dealkylation sites (tertiary alicyclic amines) is 1. The van der Waals surface area contributed by atoms with Gasteiger partial charge >= 0.3 is 0 Å². The van der Waals surface area contributed by atoms with Crippen molar-refractivity contribution in [3.05, 3.63) is 0 Å². The predicted octanol–water partition coefficient (Wildman–Crippen LogP) is -0.0659. The number of hydrogen-bond donors (Lipinski definition) is 2. The van der Waals surface area contributed by atoms with E-state index in [0.29, 0.717) is 0 Å². The lowest BCUT2D eigenvalue weighted by atomic mass is 10.2. The largest absolute Gasteiger partial charge is 0.351 e. The molecule has 1 unspecified atom stereocenters. The first kappa shape index (κ1) is 11.5. The first-order valence-corrected chi connectivity index (χ1v) is 5.38. The molecule has 0 bridgehead atoms. The molecule has 14 heavy (non-hydrogen) atoms. The van der Waals surface area contributed by atoms with Crippen molar-refractivity contribution in [3.63, 3.8) is 0 Å². The molecular weight excluding hydrogens is 178 g/mol. The maximum atomic E-state index is 11.3. The number of hydrogen-bond acceptors (Lipinski definition) is 3. The molecule has 0 saturated carbocycles. The smallest absolute Gasteiger partial charge is 0.236 e. The number of carbonyl (C=O) groups is 1. The molecule has 0 radical (unpaired) electrons. The second-order valence-corrected chi connectivity index (χ2v) is 4.21. The number of nitrogens with two attached hydrogens (primary N) is 1. The Labute approximate surface area is 85.8 Å². The molecule has 1 saturated heterocycles. The van der Waals surface area contributed by atoms with Crippen LogP contribution in [0.5, 0.6) is 0 Å². The molecule has 2 atom stereocenters. The average molecular weight is 199 g/mol. The second kappa shape index (κ2) is 5.32. The van der Waals surface area contributed by atoms with Crippen LogP contribution in [0.2, 0.25) is 0 Å². The summed E-state index contributed by atoms with van der Waals surface area (Å²) < 4.78 is 0. The van der Waals surface area contributed by atoms with E-state index in [1.165, 1.54) is 25.9 Å². The Morgan fingerprint density at radius 3 is 2.50 bits per heavy atom. The average Bonchev–Trinajstić information content (AvgIpc) is 2.56. The Morgan fingerprint density at radius 1 is 1.43 bits per heavy atom. The predicted molar refractivity (Wildman–Crippen MR) is 56.9 cm³/mol. The van der Waals surface area contributed by atoms with Gasteiger partial charge in [0, 0.05) is 12.6 Å². The summed E-state index contributed by atoms with van der Waals surface area (Å²) in [5.74, 6) is -0.0586. The zero-order valence-electron chi connectivity index (χ0n) is 9.12. The molecule has 1 aliphatic rings. The van der Waals surface area contributed by atoms with Crippen LogP contribution in [-0.2, 0) is 4.79 Å². The molecule has 3 N–H and O–H groups in total. The molecule has 0 aromatic rings. The van der Waals surface area contributed by atoms with Crippen LogP contribution >= 0.6 is 0 Å². The summed E-state index contributed by atoms with van der Waals surface area (Å²) in [5, 5.41) is 2.90. The third-order valence-corrected chi connectivity index (χ3v) is 2.53. The van der Waals surface area contributed by atoms with Gasteiger partial charge in [-0.25, -0.2) is 0 Å². The van der Waals surface area contributed by atoms with Crippen molar-refractivity contribution >= 4 is 5.91 Å². The van der Waals surface area contributed by atoms with Crippen molar-refractivity contribution in [3.8, 4) is 0 Å². The highest BCUT2D eigenvalue weighted by Crippen LogP contribution is 2.07. The van der Waals surface area contributed by atoms with E-state index < -0.39 is 6.04 Å². The topological polar surface area (TPSA) is 58.4 Å². The lowest BCUT2D eigenvalue weighted by Gasteiger charge is -2.21. The lowest BCUT2D eigenvalue weighted by Crippen LogP contribution is -2.46. The number of rotatable bonds is 4. The molecule has 0 aromatic heterocycles. The summed E-state index contributed by atoms with van der Waals surface area (Å²) in [6, 6.07) is -0.206. The van der Waals surface area contributed by atoms with Gasteiger partial charge in [-0.1, -0.05) is 0 Å². The van der Waals surface area contributed by atoms with Crippen LogP contribution in [-0.4, -0.2) is 42.5 Å². The zero-order valence-corrected chi connectivity index (χ0v) is 9.12. The van der Waals surface area contributed by atoms with E-state index in [1.54, 1.807) is 6.92 Å². The van der Waals surface area contributed by atoms with Crippen LogP contribution in [0.3, 0.4) is 0 Å².